The molecule has 0 spiro atoms. The van der Waals surface area contributed by atoms with Crippen LogP contribution in [0.3, 0.4) is 0 Å². The molecule has 1 heterocycles. The Morgan fingerprint density at radius 1 is 1.27 bits per heavy atom. The van der Waals surface area contributed by atoms with Crippen molar-refractivity contribution in [2.75, 3.05) is 0 Å². The maximum Gasteiger partial charge on any atom is 0.368 e. The summed E-state index contributed by atoms with van der Waals surface area (Å²) in [5.74, 6) is 1.01. The Bertz CT molecular complexity index is 1020. The summed E-state index contributed by atoms with van der Waals surface area (Å²) in [6, 6.07) is 10.4. The Morgan fingerprint density at radius 2 is 2.08 bits per heavy atom. The molecule has 1 N–H and O–H groups in total. The average molecular weight is 373 g/mol. The van der Waals surface area contributed by atoms with Crippen molar-refractivity contribution in [1.82, 2.24) is 19.8 Å². The number of tetrazole rings is 1. The topological polar surface area (TPSA) is 82.2 Å². The van der Waals surface area contributed by atoms with E-state index in [9.17, 15) is 9.90 Å². The van der Waals surface area contributed by atoms with Gasteiger partial charge in [-0.05, 0) is 52.9 Å². The predicted molar refractivity (Wildman–Crippen MR) is 96.0 cm³/mol. The Kier molecular flexibility index (Phi) is 4.16. The van der Waals surface area contributed by atoms with Crippen LogP contribution in [0.5, 0.6) is 11.5 Å². The first kappa shape index (κ1) is 16.7. The average Bonchev–Trinajstić information content (AvgIpc) is 3.41. The Hall–Kier alpha value is -2.80. The lowest BCUT2D eigenvalue weighted by Crippen LogP contribution is -2.23. The maximum atomic E-state index is 12.3. The zero-order valence-electron chi connectivity index (χ0n) is 14.1. The Morgan fingerprint density at radius 3 is 2.73 bits per heavy atom. The minimum atomic E-state index is -0.318. The molecule has 0 atom stereocenters. The van der Waals surface area contributed by atoms with E-state index in [0.717, 1.165) is 24.0 Å². The van der Waals surface area contributed by atoms with E-state index in [1.165, 1.54) is 21.5 Å². The molecule has 4 rings (SSSR count). The van der Waals surface area contributed by atoms with Crippen LogP contribution >= 0.6 is 11.6 Å². The van der Waals surface area contributed by atoms with Crippen LogP contribution in [-0.2, 0) is 13.7 Å². The van der Waals surface area contributed by atoms with Crippen LogP contribution in [-0.4, -0.2) is 24.9 Å². The minimum absolute atomic E-state index is 0.0764. The summed E-state index contributed by atoms with van der Waals surface area (Å²) in [4.78, 5) is 12.3. The smallest absolute Gasteiger partial charge is 0.368 e. The van der Waals surface area contributed by atoms with Crippen molar-refractivity contribution in [1.29, 1.82) is 0 Å². The third-order valence-electron chi connectivity index (χ3n) is 4.44. The molecule has 1 aliphatic rings. The lowest BCUT2D eigenvalue weighted by Gasteiger charge is -2.15. The van der Waals surface area contributed by atoms with Gasteiger partial charge in [0, 0.05) is 18.7 Å². The SMILES string of the molecule is Cn1nnn(-c2cccc(C3CC3)c2COc2ccc(O)cc2Cl)c1=O. The third-order valence-corrected chi connectivity index (χ3v) is 4.74. The summed E-state index contributed by atoms with van der Waals surface area (Å²) in [6.07, 6.45) is 2.23. The molecule has 2 aromatic carbocycles. The van der Waals surface area contributed by atoms with E-state index in [4.69, 9.17) is 16.3 Å². The molecule has 0 unspecified atom stereocenters. The second-order valence-corrected chi connectivity index (χ2v) is 6.73. The molecule has 26 heavy (non-hydrogen) atoms. The van der Waals surface area contributed by atoms with Crippen molar-refractivity contribution in [2.24, 2.45) is 7.05 Å². The summed E-state index contributed by atoms with van der Waals surface area (Å²) in [5, 5.41) is 17.6. The highest BCUT2D eigenvalue weighted by atomic mass is 35.5. The lowest BCUT2D eigenvalue weighted by atomic mass is 10.0. The second-order valence-electron chi connectivity index (χ2n) is 6.32. The summed E-state index contributed by atoms with van der Waals surface area (Å²) in [6.45, 7) is 0.232. The molecule has 1 aliphatic carbocycles. The molecule has 1 saturated carbocycles. The summed E-state index contributed by atoms with van der Waals surface area (Å²) in [5.41, 5.74) is 2.38. The molecule has 7 nitrogen and oxygen atoms in total. The van der Waals surface area contributed by atoms with E-state index < -0.39 is 0 Å². The third kappa shape index (κ3) is 3.06. The number of halogens is 1. The number of phenols is 1. The van der Waals surface area contributed by atoms with Crippen molar-refractivity contribution in [2.45, 2.75) is 25.4 Å². The summed E-state index contributed by atoms with van der Waals surface area (Å²) in [7, 11) is 1.56. The molecular formula is C18H17ClN4O3. The van der Waals surface area contributed by atoms with Crippen LogP contribution in [0.4, 0.5) is 0 Å². The number of ether oxygens (including phenoxy) is 1. The van der Waals surface area contributed by atoms with Crippen molar-refractivity contribution in [3.05, 3.63) is 63.0 Å². The first-order valence-corrected chi connectivity index (χ1v) is 8.65. The largest absolute Gasteiger partial charge is 0.508 e. The number of aromatic hydroxyl groups is 1. The van der Waals surface area contributed by atoms with Gasteiger partial charge in [-0.2, -0.15) is 9.36 Å². The maximum absolute atomic E-state index is 12.3. The van der Waals surface area contributed by atoms with Gasteiger partial charge in [-0.25, -0.2) is 4.79 Å². The number of nitrogens with zero attached hydrogens (tertiary/aromatic N) is 4. The molecule has 0 radical (unpaired) electrons. The van der Waals surface area contributed by atoms with E-state index in [1.54, 1.807) is 13.1 Å². The fraction of sp³-hybridized carbons (Fsp3) is 0.278. The van der Waals surface area contributed by atoms with Crippen molar-refractivity contribution in [3.8, 4) is 17.2 Å². The highest BCUT2D eigenvalue weighted by Crippen LogP contribution is 2.43. The molecule has 0 amide bonds. The van der Waals surface area contributed by atoms with Crippen molar-refractivity contribution in [3.63, 3.8) is 0 Å². The monoisotopic (exact) mass is 372 g/mol. The molecule has 3 aromatic rings. The van der Waals surface area contributed by atoms with Gasteiger partial charge < -0.3 is 9.84 Å². The molecule has 8 heteroatoms. The number of rotatable bonds is 5. The van der Waals surface area contributed by atoms with Gasteiger partial charge in [0.05, 0.1) is 10.7 Å². The van der Waals surface area contributed by atoms with E-state index in [0.29, 0.717) is 22.4 Å². The van der Waals surface area contributed by atoms with Gasteiger partial charge in [0.15, 0.2) is 0 Å². The summed E-state index contributed by atoms with van der Waals surface area (Å²) < 4.78 is 8.36. The van der Waals surface area contributed by atoms with Gasteiger partial charge in [-0.1, -0.05) is 23.7 Å². The highest BCUT2D eigenvalue weighted by molar-refractivity contribution is 6.32. The minimum Gasteiger partial charge on any atom is -0.508 e. The van der Waals surface area contributed by atoms with E-state index in [-0.39, 0.29) is 18.0 Å². The molecule has 134 valence electrons. The van der Waals surface area contributed by atoms with Gasteiger partial charge in [0.2, 0.25) is 0 Å². The van der Waals surface area contributed by atoms with Gasteiger partial charge in [-0.15, -0.1) is 0 Å². The highest BCUT2D eigenvalue weighted by Gasteiger charge is 2.28. The second kappa shape index (κ2) is 6.49. The van der Waals surface area contributed by atoms with Gasteiger partial charge in [0.25, 0.3) is 0 Å². The zero-order chi connectivity index (χ0) is 18.3. The lowest BCUT2D eigenvalue weighted by molar-refractivity contribution is 0.304. The van der Waals surface area contributed by atoms with Gasteiger partial charge >= 0.3 is 5.69 Å². The quantitative estimate of drug-likeness (QED) is 0.744. The Labute approximate surface area is 154 Å². The number of hydrogen-bond donors (Lipinski definition) is 1. The van der Waals surface area contributed by atoms with Gasteiger partial charge in [-0.3, -0.25) is 0 Å². The number of hydrogen-bond acceptors (Lipinski definition) is 5. The van der Waals surface area contributed by atoms with Crippen LogP contribution < -0.4 is 10.4 Å². The van der Waals surface area contributed by atoms with Crippen LogP contribution in [0, 0.1) is 0 Å². The van der Waals surface area contributed by atoms with E-state index in [2.05, 4.69) is 16.5 Å². The van der Waals surface area contributed by atoms with Gasteiger partial charge in [0.1, 0.15) is 18.1 Å². The predicted octanol–water partition coefficient (Wildman–Crippen LogP) is 2.78. The molecule has 1 fully saturated rings. The molecule has 0 saturated heterocycles. The fourth-order valence-electron chi connectivity index (χ4n) is 2.95. The molecular weight excluding hydrogens is 356 g/mol. The zero-order valence-corrected chi connectivity index (χ0v) is 14.8. The fourth-order valence-corrected chi connectivity index (χ4v) is 3.18. The van der Waals surface area contributed by atoms with Crippen LogP contribution in [0.15, 0.2) is 41.2 Å². The summed E-state index contributed by atoms with van der Waals surface area (Å²) >= 11 is 6.13. The van der Waals surface area contributed by atoms with Crippen LogP contribution in [0.1, 0.15) is 29.9 Å². The van der Waals surface area contributed by atoms with Crippen LogP contribution in [0.2, 0.25) is 5.02 Å². The molecule has 0 bridgehead atoms. The number of aromatic nitrogens is 4. The normalized spacial score (nSPS) is 13.8. The van der Waals surface area contributed by atoms with Crippen LogP contribution in [0.25, 0.3) is 5.69 Å². The Balaban J connectivity index is 1.73. The van der Waals surface area contributed by atoms with Crippen molar-refractivity contribution < 1.29 is 9.84 Å². The first-order valence-electron chi connectivity index (χ1n) is 8.27. The van der Waals surface area contributed by atoms with Crippen molar-refractivity contribution >= 4 is 11.6 Å². The standard InChI is InChI=1S/C18H17ClN4O3/c1-22-18(25)23(21-20-22)16-4-2-3-13(11-5-6-11)14(16)10-26-17-8-7-12(24)9-15(17)19/h2-4,7-9,11,24H,5-6,10H2,1H3. The number of aryl methyl sites for hydroxylation is 1. The first-order chi connectivity index (χ1) is 12.5. The van der Waals surface area contributed by atoms with E-state index >= 15 is 0 Å². The van der Waals surface area contributed by atoms with E-state index in [1.807, 2.05) is 12.1 Å². The molecule has 0 aliphatic heterocycles. The number of phenolic OH excluding ortho intramolecular Hbond substituents is 1. The number of benzene rings is 2. The molecule has 1 aromatic heterocycles.